The molecule has 0 bridgehead atoms. The van der Waals surface area contributed by atoms with E-state index in [1.807, 2.05) is 13.8 Å². The van der Waals surface area contributed by atoms with E-state index in [1.54, 1.807) is 20.0 Å². The summed E-state index contributed by atoms with van der Waals surface area (Å²) in [4.78, 5) is 7.67. The fourth-order valence-electron chi connectivity index (χ4n) is 4.37. The van der Waals surface area contributed by atoms with Crippen molar-refractivity contribution in [2.24, 2.45) is 15.8 Å². The third-order valence-electron chi connectivity index (χ3n) is 6.91. The van der Waals surface area contributed by atoms with E-state index in [1.165, 1.54) is 16.7 Å². The van der Waals surface area contributed by atoms with Gasteiger partial charge in [-0.1, -0.05) is 81.8 Å². The predicted molar refractivity (Wildman–Crippen MR) is 160 cm³/mol. The van der Waals surface area contributed by atoms with Gasteiger partial charge in [0.25, 0.3) is 0 Å². The molecule has 2 nitrogen and oxygen atoms in total. The Labute approximate surface area is 223 Å². The number of hydrogen-bond acceptors (Lipinski definition) is 2. The van der Waals surface area contributed by atoms with Crippen LogP contribution < -0.4 is 0 Å². The Morgan fingerprint density at radius 1 is 0.811 bits per heavy atom. The number of halogens is 2. The van der Waals surface area contributed by atoms with E-state index >= 15 is 0 Å². The van der Waals surface area contributed by atoms with Crippen LogP contribution in [0.25, 0.3) is 16.7 Å². The maximum Gasteiger partial charge on any atom is 0.692 e. The second-order valence-corrected chi connectivity index (χ2v) is 10.8. The quantitative estimate of drug-likeness (QED) is 0.195. The molecule has 0 radical (unpaired) electrons. The molecule has 1 unspecified atom stereocenters. The highest BCUT2D eigenvalue weighted by molar-refractivity contribution is 6.43. The minimum Gasteiger partial charge on any atom is -0.293 e. The Kier molecular flexibility index (Phi) is 10.5. The van der Waals surface area contributed by atoms with Gasteiger partial charge in [-0.2, -0.15) is 0 Å². The van der Waals surface area contributed by atoms with Crippen LogP contribution in [-0.2, 0) is 5.41 Å². The molecule has 0 fully saturated rings. The van der Waals surface area contributed by atoms with Gasteiger partial charge in [-0.15, -0.1) is 0 Å². The van der Waals surface area contributed by atoms with Gasteiger partial charge in [0.2, 0.25) is 0 Å². The molecule has 0 heterocycles. The van der Waals surface area contributed by atoms with Crippen LogP contribution in [0.1, 0.15) is 73.4 Å². The number of aliphatic imine (C=N–C) groups is 1. The molecule has 37 heavy (non-hydrogen) atoms. The molecule has 1 atom stereocenters. The van der Waals surface area contributed by atoms with Gasteiger partial charge in [-0.05, 0) is 91.2 Å². The van der Waals surface area contributed by atoms with E-state index in [9.17, 15) is 8.63 Å². The third kappa shape index (κ3) is 8.48. The summed E-state index contributed by atoms with van der Waals surface area (Å²) in [5.74, 6) is 0.101. The van der Waals surface area contributed by atoms with Crippen LogP contribution in [0.2, 0.25) is 0 Å². The van der Waals surface area contributed by atoms with Gasteiger partial charge in [0.05, 0.1) is 0 Å². The van der Waals surface area contributed by atoms with Crippen LogP contribution in [0, 0.1) is 5.92 Å². The minimum atomic E-state index is -2.71. The first-order valence-corrected chi connectivity index (χ1v) is 12.8. The van der Waals surface area contributed by atoms with Crippen molar-refractivity contribution in [3.8, 4) is 11.1 Å². The summed E-state index contributed by atoms with van der Waals surface area (Å²) in [6, 6.07) is 17.4. The van der Waals surface area contributed by atoms with Crippen LogP contribution in [-0.4, -0.2) is 25.9 Å². The van der Waals surface area contributed by atoms with Gasteiger partial charge < -0.3 is 0 Å². The third-order valence-corrected chi connectivity index (χ3v) is 6.91. The van der Waals surface area contributed by atoms with Gasteiger partial charge in [0.1, 0.15) is 0 Å². The van der Waals surface area contributed by atoms with Gasteiger partial charge in [0.15, 0.2) is 0 Å². The average Bonchev–Trinajstić information content (AvgIpc) is 2.83. The van der Waals surface area contributed by atoms with Gasteiger partial charge in [-0.25, -0.2) is 0 Å². The smallest absolute Gasteiger partial charge is 0.293 e. The highest BCUT2D eigenvalue weighted by atomic mass is 19.2. The Balaban J connectivity index is 2.59. The molecule has 0 aliphatic rings. The van der Waals surface area contributed by atoms with Gasteiger partial charge >= 0.3 is 7.40 Å². The van der Waals surface area contributed by atoms with Crippen LogP contribution >= 0.6 is 0 Å². The second kappa shape index (κ2) is 12.9. The Morgan fingerprint density at radius 2 is 1.32 bits per heavy atom. The summed E-state index contributed by atoms with van der Waals surface area (Å²) < 4.78 is 25.5. The summed E-state index contributed by atoms with van der Waals surface area (Å²) in [5, 5.41) is 0. The number of benzene rings is 2. The molecule has 5 heteroatoms. The van der Waals surface area contributed by atoms with Crippen molar-refractivity contribution in [1.82, 2.24) is 0 Å². The van der Waals surface area contributed by atoms with Crippen molar-refractivity contribution in [2.75, 3.05) is 7.05 Å². The summed E-state index contributed by atoms with van der Waals surface area (Å²) in [5.41, 5.74) is 10.5. The molecule has 196 valence electrons. The first kappa shape index (κ1) is 30.2. The highest BCUT2D eigenvalue weighted by Gasteiger charge is 2.18. The zero-order valence-electron chi connectivity index (χ0n) is 24.1. The van der Waals surface area contributed by atoms with E-state index in [0.29, 0.717) is 5.71 Å². The summed E-state index contributed by atoms with van der Waals surface area (Å²) in [6.45, 7) is 18.6. The topological polar surface area (TPSA) is 24.7 Å². The molecule has 0 aromatic heterocycles. The number of rotatable bonds is 8. The Morgan fingerprint density at radius 3 is 1.78 bits per heavy atom. The van der Waals surface area contributed by atoms with E-state index in [0.717, 1.165) is 33.6 Å². The second-order valence-electron chi connectivity index (χ2n) is 10.8. The maximum absolute atomic E-state index is 12.8. The standard InChI is InChI=1S/C32H41BF2N2/c1-21(19-23(3)36-10)25(5)31(26(6)22(2)20-24(4)37-33(34)35)29-13-11-27(12-14-29)28-15-17-30(18-16-28)32(7,8)9/h11-20,25H,1-10H3/b21-19-,22-20-,31-26-,36-23?,37-24?. The molecular formula is C32H41BF2N2. The monoisotopic (exact) mass is 502 g/mol. The van der Waals surface area contributed by atoms with Crippen molar-refractivity contribution < 1.29 is 8.63 Å². The molecule has 2 rings (SSSR count). The lowest BCUT2D eigenvalue weighted by Gasteiger charge is -2.22. The SMILES string of the molecule is CN=C(C)/C=C(/C)C(C)/C(=C(C)/C(C)=C\C(C)=NB(F)F)c1ccc(-c2ccc(C(C)(C)C)cc2)cc1. The Hall–Kier alpha value is -3.08. The van der Waals surface area contributed by atoms with Gasteiger partial charge in [-0.3, -0.25) is 18.5 Å². The average molecular weight is 503 g/mol. The first-order valence-electron chi connectivity index (χ1n) is 12.8. The van der Waals surface area contributed by atoms with Crippen molar-refractivity contribution in [2.45, 2.75) is 67.7 Å². The van der Waals surface area contributed by atoms with Crippen molar-refractivity contribution in [1.29, 1.82) is 0 Å². The number of hydrogen-bond donors (Lipinski definition) is 0. The van der Waals surface area contributed by atoms with Crippen LogP contribution in [0.15, 0.2) is 87.3 Å². The summed E-state index contributed by atoms with van der Waals surface area (Å²) in [7, 11) is -0.922. The lowest BCUT2D eigenvalue weighted by molar-refractivity contribution is 0.590. The van der Waals surface area contributed by atoms with E-state index in [-0.39, 0.29) is 11.3 Å². The molecule has 0 saturated carbocycles. The fraction of sp³-hybridized carbons (Fsp3) is 0.375. The lowest BCUT2D eigenvalue weighted by atomic mass is 9.82. The predicted octanol–water partition coefficient (Wildman–Crippen LogP) is 9.43. The summed E-state index contributed by atoms with van der Waals surface area (Å²) >= 11 is 0. The first-order chi connectivity index (χ1) is 17.2. The normalized spacial score (nSPS) is 15.5. The van der Waals surface area contributed by atoms with Crippen LogP contribution in [0.3, 0.4) is 0 Å². The molecule has 2 aromatic rings. The molecule has 0 saturated heterocycles. The van der Waals surface area contributed by atoms with E-state index in [2.05, 4.69) is 106 Å². The molecular weight excluding hydrogens is 461 g/mol. The van der Waals surface area contributed by atoms with Crippen molar-refractivity contribution >= 4 is 24.4 Å². The maximum atomic E-state index is 12.8. The van der Waals surface area contributed by atoms with E-state index in [4.69, 9.17) is 0 Å². The molecule has 2 aromatic carbocycles. The largest absolute Gasteiger partial charge is 0.692 e. The van der Waals surface area contributed by atoms with Crippen LogP contribution in [0.5, 0.6) is 0 Å². The number of allylic oxidation sites excluding steroid dienone is 6. The minimum absolute atomic E-state index is 0.101. The zero-order chi connectivity index (χ0) is 27.9. The van der Waals surface area contributed by atoms with Crippen molar-refractivity contribution in [3.05, 3.63) is 88.5 Å². The zero-order valence-corrected chi connectivity index (χ0v) is 24.1. The molecule has 0 amide bonds. The fourth-order valence-corrected chi connectivity index (χ4v) is 4.37. The summed E-state index contributed by atoms with van der Waals surface area (Å²) in [6.07, 6.45) is 3.84. The molecule has 0 aliphatic heterocycles. The van der Waals surface area contributed by atoms with Crippen LogP contribution in [0.4, 0.5) is 8.63 Å². The van der Waals surface area contributed by atoms with Gasteiger partial charge in [0, 0.05) is 24.4 Å². The lowest BCUT2D eigenvalue weighted by Crippen LogP contribution is -2.10. The highest BCUT2D eigenvalue weighted by Crippen LogP contribution is 2.35. The molecule has 0 N–H and O–H groups in total. The Bertz CT molecular complexity index is 1220. The van der Waals surface area contributed by atoms with E-state index < -0.39 is 7.40 Å². The van der Waals surface area contributed by atoms with Crippen molar-refractivity contribution in [3.63, 3.8) is 0 Å². The molecule has 0 aliphatic carbocycles. The molecule has 0 spiro atoms. The number of nitrogens with zero attached hydrogens (tertiary/aromatic N) is 2.